The lowest BCUT2D eigenvalue weighted by Gasteiger charge is -2.24. The maximum absolute atomic E-state index is 8.24. The summed E-state index contributed by atoms with van der Waals surface area (Å²) in [5.74, 6) is 0. The third kappa shape index (κ3) is 0.927. The summed E-state index contributed by atoms with van der Waals surface area (Å²) in [6, 6.07) is 8.43. The fourth-order valence-corrected chi connectivity index (χ4v) is 2.62. The standard InChI is InChI=1S/C13H17N/c1-12(2)9-7-5-6-8-10(9)13(3,4)11(12)14/h5-8,14H,1-4H3. The van der Waals surface area contributed by atoms with E-state index in [1.165, 1.54) is 11.1 Å². The third-order valence-electron chi connectivity index (χ3n) is 3.52. The largest absolute Gasteiger partial charge is 0.308 e. The molecule has 2 rings (SSSR count). The van der Waals surface area contributed by atoms with Crippen LogP contribution in [0.25, 0.3) is 0 Å². The summed E-state index contributed by atoms with van der Waals surface area (Å²) >= 11 is 0. The van der Waals surface area contributed by atoms with Gasteiger partial charge in [0.15, 0.2) is 0 Å². The van der Waals surface area contributed by atoms with Gasteiger partial charge in [0.05, 0.1) is 0 Å². The number of fused-ring (bicyclic) bond motifs is 1. The van der Waals surface area contributed by atoms with E-state index in [2.05, 4.69) is 52.0 Å². The van der Waals surface area contributed by atoms with Crippen LogP contribution in [0.1, 0.15) is 38.8 Å². The van der Waals surface area contributed by atoms with Crippen LogP contribution in [0.3, 0.4) is 0 Å². The van der Waals surface area contributed by atoms with Crippen molar-refractivity contribution in [3.63, 3.8) is 0 Å². The summed E-state index contributed by atoms with van der Waals surface area (Å²) in [5.41, 5.74) is 3.26. The van der Waals surface area contributed by atoms with E-state index >= 15 is 0 Å². The summed E-state index contributed by atoms with van der Waals surface area (Å²) in [6.07, 6.45) is 0. The normalized spacial score (nSPS) is 22.1. The van der Waals surface area contributed by atoms with Crippen LogP contribution in [0.5, 0.6) is 0 Å². The van der Waals surface area contributed by atoms with Crippen molar-refractivity contribution in [1.82, 2.24) is 0 Å². The molecule has 0 amide bonds. The maximum atomic E-state index is 8.24. The first kappa shape index (κ1) is 9.45. The second kappa shape index (κ2) is 2.47. The van der Waals surface area contributed by atoms with E-state index < -0.39 is 0 Å². The first-order chi connectivity index (χ1) is 6.38. The monoisotopic (exact) mass is 187 g/mol. The van der Waals surface area contributed by atoms with Crippen LogP contribution < -0.4 is 0 Å². The molecule has 0 bridgehead atoms. The topological polar surface area (TPSA) is 23.9 Å². The molecule has 1 aliphatic carbocycles. The van der Waals surface area contributed by atoms with Gasteiger partial charge in [-0.1, -0.05) is 52.0 Å². The van der Waals surface area contributed by atoms with Gasteiger partial charge in [0.1, 0.15) is 0 Å². The zero-order valence-electron chi connectivity index (χ0n) is 9.31. The Balaban J connectivity index is 2.76. The summed E-state index contributed by atoms with van der Waals surface area (Å²) in [6.45, 7) is 8.57. The number of benzene rings is 1. The smallest absolute Gasteiger partial charge is 0.0289 e. The average molecular weight is 187 g/mol. The average Bonchev–Trinajstić information content (AvgIpc) is 2.28. The maximum Gasteiger partial charge on any atom is 0.0289 e. The van der Waals surface area contributed by atoms with Crippen molar-refractivity contribution < 1.29 is 0 Å². The third-order valence-corrected chi connectivity index (χ3v) is 3.52. The SMILES string of the molecule is CC1(C)C(=N)C(C)(C)c2ccccc21. The van der Waals surface area contributed by atoms with Gasteiger partial charge in [-0.05, 0) is 11.1 Å². The van der Waals surface area contributed by atoms with Gasteiger partial charge in [-0.25, -0.2) is 0 Å². The van der Waals surface area contributed by atoms with E-state index in [9.17, 15) is 0 Å². The van der Waals surface area contributed by atoms with E-state index in [1.807, 2.05) is 0 Å². The Bertz CT molecular complexity index is 362. The van der Waals surface area contributed by atoms with Crippen molar-refractivity contribution in [3.05, 3.63) is 35.4 Å². The van der Waals surface area contributed by atoms with Crippen molar-refractivity contribution in [1.29, 1.82) is 5.41 Å². The van der Waals surface area contributed by atoms with Crippen molar-refractivity contribution in [2.24, 2.45) is 0 Å². The van der Waals surface area contributed by atoms with Gasteiger partial charge in [0, 0.05) is 16.5 Å². The Morgan fingerprint density at radius 3 is 1.57 bits per heavy atom. The number of hydrogen-bond donors (Lipinski definition) is 1. The van der Waals surface area contributed by atoms with E-state index in [0.717, 1.165) is 5.71 Å². The molecule has 1 nitrogen and oxygen atoms in total. The summed E-state index contributed by atoms with van der Waals surface area (Å²) < 4.78 is 0. The van der Waals surface area contributed by atoms with E-state index in [1.54, 1.807) is 0 Å². The molecule has 0 saturated carbocycles. The lowest BCUT2D eigenvalue weighted by atomic mass is 9.79. The number of hydrogen-bond acceptors (Lipinski definition) is 1. The highest BCUT2D eigenvalue weighted by Gasteiger charge is 2.46. The molecule has 1 aliphatic rings. The van der Waals surface area contributed by atoms with Crippen molar-refractivity contribution >= 4 is 5.71 Å². The first-order valence-corrected chi connectivity index (χ1v) is 5.08. The molecule has 1 heteroatoms. The van der Waals surface area contributed by atoms with Crippen molar-refractivity contribution in [2.75, 3.05) is 0 Å². The molecule has 14 heavy (non-hydrogen) atoms. The molecule has 1 N–H and O–H groups in total. The van der Waals surface area contributed by atoms with Gasteiger partial charge in [0.25, 0.3) is 0 Å². The Morgan fingerprint density at radius 2 is 1.21 bits per heavy atom. The summed E-state index contributed by atoms with van der Waals surface area (Å²) in [4.78, 5) is 0. The molecule has 1 aromatic rings. The summed E-state index contributed by atoms with van der Waals surface area (Å²) in [5, 5.41) is 8.24. The Kier molecular flexibility index (Phi) is 1.67. The molecule has 0 aromatic heterocycles. The Morgan fingerprint density at radius 1 is 0.857 bits per heavy atom. The fourth-order valence-electron chi connectivity index (χ4n) is 2.62. The van der Waals surface area contributed by atoms with Gasteiger partial charge in [-0.3, -0.25) is 0 Å². The Labute approximate surface area is 85.7 Å². The highest BCUT2D eigenvalue weighted by atomic mass is 14.6. The van der Waals surface area contributed by atoms with Crippen LogP contribution >= 0.6 is 0 Å². The first-order valence-electron chi connectivity index (χ1n) is 5.08. The molecule has 0 fully saturated rings. The van der Waals surface area contributed by atoms with Crippen LogP contribution in [0.4, 0.5) is 0 Å². The zero-order valence-corrected chi connectivity index (χ0v) is 9.31. The minimum atomic E-state index is -0.0971. The van der Waals surface area contributed by atoms with Gasteiger partial charge in [0.2, 0.25) is 0 Å². The van der Waals surface area contributed by atoms with E-state index in [0.29, 0.717) is 0 Å². The predicted molar refractivity (Wildman–Crippen MR) is 60.2 cm³/mol. The molecule has 0 radical (unpaired) electrons. The lowest BCUT2D eigenvalue weighted by molar-refractivity contribution is 0.673. The number of nitrogens with one attached hydrogen (secondary N) is 1. The highest BCUT2D eigenvalue weighted by Crippen LogP contribution is 2.46. The highest BCUT2D eigenvalue weighted by molar-refractivity contribution is 6.04. The van der Waals surface area contributed by atoms with Crippen LogP contribution in [0.15, 0.2) is 24.3 Å². The minimum Gasteiger partial charge on any atom is -0.308 e. The lowest BCUT2D eigenvalue weighted by Crippen LogP contribution is -2.33. The van der Waals surface area contributed by atoms with E-state index in [-0.39, 0.29) is 10.8 Å². The van der Waals surface area contributed by atoms with Crippen LogP contribution in [0.2, 0.25) is 0 Å². The van der Waals surface area contributed by atoms with Crippen LogP contribution in [-0.4, -0.2) is 5.71 Å². The molecule has 0 atom stereocenters. The van der Waals surface area contributed by atoms with Gasteiger partial charge < -0.3 is 5.41 Å². The summed E-state index contributed by atoms with van der Waals surface area (Å²) in [7, 11) is 0. The fraction of sp³-hybridized carbons (Fsp3) is 0.462. The van der Waals surface area contributed by atoms with Gasteiger partial charge in [-0.2, -0.15) is 0 Å². The molecule has 0 spiro atoms. The number of rotatable bonds is 0. The zero-order chi connectivity index (χ0) is 10.6. The molecular weight excluding hydrogens is 170 g/mol. The minimum absolute atomic E-state index is 0.0971. The Hall–Kier alpha value is -1.11. The van der Waals surface area contributed by atoms with Crippen molar-refractivity contribution in [2.45, 2.75) is 38.5 Å². The molecule has 0 unspecified atom stereocenters. The molecule has 74 valence electrons. The second-order valence-corrected chi connectivity index (χ2v) is 5.17. The van der Waals surface area contributed by atoms with E-state index in [4.69, 9.17) is 5.41 Å². The van der Waals surface area contributed by atoms with Crippen molar-refractivity contribution in [3.8, 4) is 0 Å². The van der Waals surface area contributed by atoms with Gasteiger partial charge in [-0.15, -0.1) is 0 Å². The second-order valence-electron chi connectivity index (χ2n) is 5.17. The molecule has 0 saturated heterocycles. The van der Waals surface area contributed by atoms with Crippen LogP contribution in [-0.2, 0) is 10.8 Å². The molecule has 0 aliphatic heterocycles. The van der Waals surface area contributed by atoms with Gasteiger partial charge >= 0.3 is 0 Å². The molecule has 1 aromatic carbocycles. The predicted octanol–water partition coefficient (Wildman–Crippen LogP) is 3.28. The molecular formula is C13H17N. The van der Waals surface area contributed by atoms with Crippen LogP contribution in [0, 0.1) is 5.41 Å². The molecule has 0 heterocycles. The quantitative estimate of drug-likeness (QED) is 0.644.